The van der Waals surface area contributed by atoms with Crippen LogP contribution in [0.1, 0.15) is 39.0 Å². The van der Waals surface area contributed by atoms with Gasteiger partial charge in [0, 0.05) is 6.04 Å². The highest BCUT2D eigenvalue weighted by atomic mass is 16.4. The molecule has 0 aromatic carbocycles. The third kappa shape index (κ3) is 2.71. The molecule has 1 aliphatic carbocycles. The summed E-state index contributed by atoms with van der Waals surface area (Å²) in [4.78, 5) is 13.0. The summed E-state index contributed by atoms with van der Waals surface area (Å²) in [7, 11) is 2.05. The number of rotatable bonds is 6. The van der Waals surface area contributed by atoms with Gasteiger partial charge in [0.05, 0.1) is 5.92 Å². The SMILES string of the molecule is CCCCCN(C)C1CCC1C(=O)O. The molecule has 0 amide bonds. The Labute approximate surface area is 86.1 Å². The van der Waals surface area contributed by atoms with E-state index in [0.29, 0.717) is 6.04 Å². The molecule has 0 spiro atoms. The molecular weight excluding hydrogens is 178 g/mol. The van der Waals surface area contributed by atoms with E-state index in [0.717, 1.165) is 19.4 Å². The Morgan fingerprint density at radius 2 is 2.14 bits per heavy atom. The molecule has 0 aromatic heterocycles. The van der Waals surface area contributed by atoms with Crippen LogP contribution in [0.15, 0.2) is 0 Å². The maximum Gasteiger partial charge on any atom is 0.308 e. The van der Waals surface area contributed by atoms with Crippen molar-refractivity contribution < 1.29 is 9.90 Å². The van der Waals surface area contributed by atoms with Crippen LogP contribution < -0.4 is 0 Å². The second-order valence-corrected chi connectivity index (χ2v) is 4.28. The third-order valence-electron chi connectivity index (χ3n) is 3.24. The Hall–Kier alpha value is -0.570. The minimum absolute atomic E-state index is 0.110. The highest BCUT2D eigenvalue weighted by Gasteiger charge is 2.38. The molecule has 0 aromatic rings. The largest absolute Gasteiger partial charge is 0.481 e. The van der Waals surface area contributed by atoms with Crippen LogP contribution in [0.2, 0.25) is 0 Å². The lowest BCUT2D eigenvalue weighted by Crippen LogP contribution is -2.48. The van der Waals surface area contributed by atoms with E-state index in [2.05, 4.69) is 18.9 Å². The molecule has 0 bridgehead atoms. The maximum absolute atomic E-state index is 10.8. The molecule has 1 N–H and O–H groups in total. The molecule has 0 radical (unpaired) electrons. The Bertz CT molecular complexity index is 194. The molecule has 14 heavy (non-hydrogen) atoms. The van der Waals surface area contributed by atoms with Crippen LogP contribution in [0.3, 0.4) is 0 Å². The van der Waals surface area contributed by atoms with E-state index >= 15 is 0 Å². The number of hydrogen-bond donors (Lipinski definition) is 1. The fraction of sp³-hybridized carbons (Fsp3) is 0.909. The Morgan fingerprint density at radius 3 is 2.57 bits per heavy atom. The molecule has 1 saturated carbocycles. The smallest absolute Gasteiger partial charge is 0.308 e. The van der Waals surface area contributed by atoms with E-state index < -0.39 is 5.97 Å². The Morgan fingerprint density at radius 1 is 1.43 bits per heavy atom. The van der Waals surface area contributed by atoms with Crippen molar-refractivity contribution in [1.29, 1.82) is 0 Å². The van der Waals surface area contributed by atoms with Crippen LogP contribution in [0, 0.1) is 5.92 Å². The molecule has 1 fully saturated rings. The van der Waals surface area contributed by atoms with Crippen LogP contribution in [0.4, 0.5) is 0 Å². The second kappa shape index (κ2) is 5.35. The van der Waals surface area contributed by atoms with Crippen LogP contribution in [0.5, 0.6) is 0 Å². The fourth-order valence-electron chi connectivity index (χ4n) is 2.08. The lowest BCUT2D eigenvalue weighted by molar-refractivity contribution is -0.148. The summed E-state index contributed by atoms with van der Waals surface area (Å²) in [6.45, 7) is 3.23. The predicted molar refractivity (Wildman–Crippen MR) is 56.3 cm³/mol. The van der Waals surface area contributed by atoms with Gasteiger partial charge in [-0.2, -0.15) is 0 Å². The summed E-state index contributed by atoms with van der Waals surface area (Å²) >= 11 is 0. The number of nitrogens with zero attached hydrogens (tertiary/aromatic N) is 1. The number of unbranched alkanes of at least 4 members (excludes halogenated alkanes) is 2. The first kappa shape index (κ1) is 11.5. The lowest BCUT2D eigenvalue weighted by Gasteiger charge is -2.40. The van der Waals surface area contributed by atoms with Crippen molar-refractivity contribution in [3.05, 3.63) is 0 Å². The van der Waals surface area contributed by atoms with Gasteiger partial charge in [-0.3, -0.25) is 4.79 Å². The third-order valence-corrected chi connectivity index (χ3v) is 3.24. The zero-order valence-corrected chi connectivity index (χ0v) is 9.20. The van der Waals surface area contributed by atoms with Crippen molar-refractivity contribution in [2.45, 2.75) is 45.1 Å². The fourth-order valence-corrected chi connectivity index (χ4v) is 2.08. The normalized spacial score (nSPS) is 26.2. The van der Waals surface area contributed by atoms with Crippen molar-refractivity contribution in [2.24, 2.45) is 5.92 Å². The van der Waals surface area contributed by atoms with Crippen molar-refractivity contribution >= 4 is 5.97 Å². The van der Waals surface area contributed by atoms with Gasteiger partial charge in [-0.15, -0.1) is 0 Å². The second-order valence-electron chi connectivity index (χ2n) is 4.28. The van der Waals surface area contributed by atoms with Gasteiger partial charge in [0.15, 0.2) is 0 Å². The van der Waals surface area contributed by atoms with Gasteiger partial charge in [-0.1, -0.05) is 19.8 Å². The molecule has 3 heteroatoms. The number of carboxylic acids is 1. The number of carboxylic acid groups (broad SMARTS) is 1. The summed E-state index contributed by atoms with van der Waals surface area (Å²) in [6.07, 6.45) is 5.57. The van der Waals surface area contributed by atoms with E-state index in [4.69, 9.17) is 5.11 Å². The van der Waals surface area contributed by atoms with Gasteiger partial charge in [0.2, 0.25) is 0 Å². The van der Waals surface area contributed by atoms with Gasteiger partial charge >= 0.3 is 5.97 Å². The van der Waals surface area contributed by atoms with E-state index in [1.54, 1.807) is 0 Å². The molecule has 2 atom stereocenters. The molecule has 3 nitrogen and oxygen atoms in total. The summed E-state index contributed by atoms with van der Waals surface area (Å²) in [5.41, 5.74) is 0. The molecule has 1 aliphatic rings. The molecule has 82 valence electrons. The summed E-state index contributed by atoms with van der Waals surface area (Å²) in [5.74, 6) is -0.731. The Kier molecular flexibility index (Phi) is 4.39. The van der Waals surface area contributed by atoms with Crippen LogP contribution in [-0.2, 0) is 4.79 Å². The molecule has 0 saturated heterocycles. The van der Waals surface area contributed by atoms with Gasteiger partial charge in [0.1, 0.15) is 0 Å². The molecular formula is C11H21NO2. The van der Waals surface area contributed by atoms with E-state index in [1.165, 1.54) is 19.3 Å². The quantitative estimate of drug-likeness (QED) is 0.665. The van der Waals surface area contributed by atoms with Gasteiger partial charge in [-0.25, -0.2) is 0 Å². The number of aliphatic carboxylic acids is 1. The minimum atomic E-state index is -0.622. The average molecular weight is 199 g/mol. The lowest BCUT2D eigenvalue weighted by atomic mass is 9.78. The first-order valence-electron chi connectivity index (χ1n) is 5.59. The predicted octanol–water partition coefficient (Wildman–Crippen LogP) is 1.97. The van der Waals surface area contributed by atoms with Crippen molar-refractivity contribution in [3.63, 3.8) is 0 Å². The molecule has 2 unspecified atom stereocenters. The van der Waals surface area contributed by atoms with Gasteiger partial charge in [0.25, 0.3) is 0 Å². The number of hydrogen-bond acceptors (Lipinski definition) is 2. The van der Waals surface area contributed by atoms with E-state index in [1.807, 2.05) is 0 Å². The standard InChI is InChI=1S/C11H21NO2/c1-3-4-5-8-12(2)10-7-6-9(10)11(13)14/h9-10H,3-8H2,1-2H3,(H,13,14). The molecule has 0 aliphatic heterocycles. The summed E-state index contributed by atoms with van der Waals surface area (Å²) in [6, 6.07) is 0.296. The van der Waals surface area contributed by atoms with E-state index in [-0.39, 0.29) is 5.92 Å². The maximum atomic E-state index is 10.8. The first-order valence-corrected chi connectivity index (χ1v) is 5.59. The first-order chi connectivity index (χ1) is 6.66. The summed E-state index contributed by atoms with van der Waals surface area (Å²) < 4.78 is 0. The van der Waals surface area contributed by atoms with Crippen molar-refractivity contribution in [3.8, 4) is 0 Å². The minimum Gasteiger partial charge on any atom is -0.481 e. The van der Waals surface area contributed by atoms with Crippen LogP contribution in [0.25, 0.3) is 0 Å². The van der Waals surface area contributed by atoms with Crippen LogP contribution in [-0.4, -0.2) is 35.6 Å². The molecule has 0 heterocycles. The topological polar surface area (TPSA) is 40.5 Å². The number of carbonyl (C=O) groups is 1. The highest BCUT2D eigenvalue weighted by Crippen LogP contribution is 2.31. The monoisotopic (exact) mass is 199 g/mol. The summed E-state index contributed by atoms with van der Waals surface area (Å²) in [5, 5.41) is 8.90. The average Bonchev–Trinajstić information content (AvgIpc) is 2.01. The van der Waals surface area contributed by atoms with Crippen LogP contribution >= 0.6 is 0 Å². The van der Waals surface area contributed by atoms with Crippen molar-refractivity contribution in [2.75, 3.05) is 13.6 Å². The zero-order valence-electron chi connectivity index (χ0n) is 9.20. The van der Waals surface area contributed by atoms with E-state index in [9.17, 15) is 4.79 Å². The highest BCUT2D eigenvalue weighted by molar-refractivity contribution is 5.72. The van der Waals surface area contributed by atoms with Gasteiger partial charge in [-0.05, 0) is 32.9 Å². The Balaban J connectivity index is 2.23. The molecule has 1 rings (SSSR count). The zero-order chi connectivity index (χ0) is 10.6. The van der Waals surface area contributed by atoms with Gasteiger partial charge < -0.3 is 10.0 Å². The van der Waals surface area contributed by atoms with Crippen molar-refractivity contribution in [1.82, 2.24) is 4.90 Å².